The smallest absolute Gasteiger partial charge is 0.142 e. The van der Waals surface area contributed by atoms with Gasteiger partial charge in [-0.2, -0.15) is 0 Å². The van der Waals surface area contributed by atoms with Gasteiger partial charge in [0.25, 0.3) is 0 Å². The van der Waals surface area contributed by atoms with Crippen molar-refractivity contribution in [2.75, 3.05) is 0 Å². The Morgan fingerprint density at radius 2 is 2.10 bits per heavy atom. The van der Waals surface area contributed by atoms with Crippen molar-refractivity contribution in [3.05, 3.63) is 30.5 Å². The number of aromatic nitrogens is 1. The van der Waals surface area contributed by atoms with E-state index in [0.717, 1.165) is 0 Å². The number of H-pyrrole nitrogens is 1. The van der Waals surface area contributed by atoms with Gasteiger partial charge in [-0.05, 0) is 11.5 Å². The van der Waals surface area contributed by atoms with Crippen LogP contribution in [0.25, 0.3) is 10.9 Å². The SMILES string of the molecule is Bc1cccc2cc[nH]c12. The van der Waals surface area contributed by atoms with Gasteiger partial charge < -0.3 is 4.98 Å². The fourth-order valence-electron chi connectivity index (χ4n) is 1.24. The summed E-state index contributed by atoms with van der Waals surface area (Å²) in [4.78, 5) is 3.19. The summed E-state index contributed by atoms with van der Waals surface area (Å²) >= 11 is 0. The predicted molar refractivity (Wildman–Crippen MR) is 46.5 cm³/mol. The molecule has 0 saturated heterocycles. The molecule has 1 aromatic heterocycles. The van der Waals surface area contributed by atoms with Gasteiger partial charge in [0.15, 0.2) is 0 Å². The maximum Gasteiger partial charge on any atom is 0.142 e. The highest BCUT2D eigenvalue weighted by Crippen LogP contribution is 2.06. The molecule has 0 bridgehead atoms. The topological polar surface area (TPSA) is 15.8 Å². The van der Waals surface area contributed by atoms with E-state index in [0.29, 0.717) is 0 Å². The van der Waals surface area contributed by atoms with E-state index in [9.17, 15) is 0 Å². The molecule has 0 aliphatic rings. The van der Waals surface area contributed by atoms with Crippen LogP contribution in [-0.2, 0) is 0 Å². The largest absolute Gasteiger partial charge is 0.362 e. The van der Waals surface area contributed by atoms with E-state index in [-0.39, 0.29) is 0 Å². The monoisotopic (exact) mass is 129 g/mol. The molecule has 0 aliphatic heterocycles. The lowest BCUT2D eigenvalue weighted by atomic mass is 9.94. The highest BCUT2D eigenvalue weighted by atomic mass is 14.7. The van der Waals surface area contributed by atoms with Crippen LogP contribution in [-0.4, -0.2) is 12.8 Å². The molecule has 2 aromatic rings. The fraction of sp³-hybridized carbons (Fsp3) is 0. The highest BCUT2D eigenvalue weighted by molar-refractivity contribution is 6.38. The van der Waals surface area contributed by atoms with Gasteiger partial charge in [0.1, 0.15) is 7.85 Å². The Morgan fingerprint density at radius 3 is 2.90 bits per heavy atom. The van der Waals surface area contributed by atoms with Gasteiger partial charge in [0.05, 0.1) is 0 Å². The minimum atomic E-state index is 1.25. The first-order valence-corrected chi connectivity index (χ1v) is 3.40. The average Bonchev–Trinajstić information content (AvgIpc) is 2.36. The molecule has 2 rings (SSSR count). The summed E-state index contributed by atoms with van der Waals surface area (Å²) in [6.45, 7) is 0. The molecule has 0 atom stereocenters. The van der Waals surface area contributed by atoms with Crippen molar-refractivity contribution in [1.29, 1.82) is 0 Å². The second kappa shape index (κ2) is 1.91. The summed E-state index contributed by atoms with van der Waals surface area (Å²) in [7, 11) is 2.11. The fourth-order valence-corrected chi connectivity index (χ4v) is 1.24. The number of aromatic amines is 1. The minimum Gasteiger partial charge on any atom is -0.362 e. The van der Waals surface area contributed by atoms with Gasteiger partial charge in [-0.15, -0.1) is 0 Å². The molecule has 10 heavy (non-hydrogen) atoms. The van der Waals surface area contributed by atoms with Crippen molar-refractivity contribution in [2.24, 2.45) is 0 Å². The third-order valence-electron chi connectivity index (χ3n) is 1.80. The van der Waals surface area contributed by atoms with Crippen molar-refractivity contribution in [3.8, 4) is 0 Å². The van der Waals surface area contributed by atoms with Gasteiger partial charge >= 0.3 is 0 Å². The van der Waals surface area contributed by atoms with Gasteiger partial charge in [-0.3, -0.25) is 0 Å². The lowest BCUT2D eigenvalue weighted by Gasteiger charge is -1.92. The van der Waals surface area contributed by atoms with Gasteiger partial charge in [-0.25, -0.2) is 0 Å². The number of fused-ring (bicyclic) bond motifs is 1. The lowest BCUT2D eigenvalue weighted by Crippen LogP contribution is -2.01. The zero-order chi connectivity index (χ0) is 6.97. The molecule has 0 spiro atoms. The summed E-state index contributed by atoms with van der Waals surface area (Å²) in [6, 6.07) is 8.38. The molecule has 0 saturated carbocycles. The third kappa shape index (κ3) is 0.653. The first-order chi connectivity index (χ1) is 4.88. The quantitative estimate of drug-likeness (QED) is 0.496. The molecule has 48 valence electrons. The van der Waals surface area contributed by atoms with Crippen LogP contribution in [0, 0.1) is 0 Å². The first kappa shape index (κ1) is 5.60. The molecule has 1 heterocycles. The number of hydrogen-bond acceptors (Lipinski definition) is 0. The van der Waals surface area contributed by atoms with Crippen LogP contribution in [0.15, 0.2) is 30.5 Å². The number of para-hydroxylation sites is 1. The molecule has 1 aromatic carbocycles. The van der Waals surface area contributed by atoms with Crippen molar-refractivity contribution >= 4 is 24.2 Å². The predicted octanol–water partition coefficient (Wildman–Crippen LogP) is 0.426. The molecule has 0 fully saturated rings. The number of hydrogen-bond donors (Lipinski definition) is 1. The molecule has 0 aliphatic carbocycles. The van der Waals surface area contributed by atoms with Crippen LogP contribution < -0.4 is 5.46 Å². The van der Waals surface area contributed by atoms with Crippen molar-refractivity contribution in [3.63, 3.8) is 0 Å². The zero-order valence-corrected chi connectivity index (χ0v) is 5.89. The van der Waals surface area contributed by atoms with E-state index >= 15 is 0 Å². The van der Waals surface area contributed by atoms with Crippen LogP contribution in [0.4, 0.5) is 0 Å². The van der Waals surface area contributed by atoms with Gasteiger partial charge in [0.2, 0.25) is 0 Å². The van der Waals surface area contributed by atoms with Crippen LogP contribution in [0.1, 0.15) is 0 Å². The number of benzene rings is 1. The Balaban J connectivity index is 2.95. The second-order valence-corrected chi connectivity index (χ2v) is 2.52. The summed E-state index contributed by atoms with van der Waals surface area (Å²) in [6.07, 6.45) is 1.97. The molecule has 1 N–H and O–H groups in total. The summed E-state index contributed by atoms with van der Waals surface area (Å²) in [5, 5.41) is 1.29. The Bertz CT molecular complexity index is 351. The molecule has 1 nitrogen and oxygen atoms in total. The highest BCUT2D eigenvalue weighted by Gasteiger charge is 1.93. The van der Waals surface area contributed by atoms with Crippen molar-refractivity contribution in [2.45, 2.75) is 0 Å². The zero-order valence-electron chi connectivity index (χ0n) is 5.89. The Hall–Kier alpha value is -1.18. The van der Waals surface area contributed by atoms with Crippen LogP contribution in [0.2, 0.25) is 0 Å². The number of nitrogens with one attached hydrogen (secondary N) is 1. The standard InChI is InChI=1S/C8H8BN/c9-7-3-1-2-6-4-5-10-8(6)7/h1-5,10H,9H2. The summed E-state index contributed by atoms with van der Waals surface area (Å²) in [5.74, 6) is 0. The summed E-state index contributed by atoms with van der Waals surface area (Å²) < 4.78 is 0. The Labute approximate surface area is 60.5 Å². The Morgan fingerprint density at radius 1 is 1.20 bits per heavy atom. The van der Waals surface area contributed by atoms with E-state index in [4.69, 9.17) is 0 Å². The van der Waals surface area contributed by atoms with Gasteiger partial charge in [0, 0.05) is 11.7 Å². The first-order valence-electron chi connectivity index (χ1n) is 3.40. The van der Waals surface area contributed by atoms with Gasteiger partial charge in [-0.1, -0.05) is 23.7 Å². The van der Waals surface area contributed by atoms with Crippen molar-refractivity contribution in [1.82, 2.24) is 4.98 Å². The molecule has 0 unspecified atom stereocenters. The lowest BCUT2D eigenvalue weighted by molar-refractivity contribution is 1.49. The third-order valence-corrected chi connectivity index (χ3v) is 1.80. The van der Waals surface area contributed by atoms with Crippen LogP contribution >= 0.6 is 0 Å². The average molecular weight is 129 g/mol. The van der Waals surface area contributed by atoms with Crippen LogP contribution in [0.3, 0.4) is 0 Å². The summed E-state index contributed by atoms with van der Waals surface area (Å²) in [5.41, 5.74) is 2.56. The Kier molecular flexibility index (Phi) is 1.07. The van der Waals surface area contributed by atoms with E-state index < -0.39 is 0 Å². The number of rotatable bonds is 0. The normalized spacial score (nSPS) is 10.4. The molecule has 0 radical (unpaired) electrons. The molecular weight excluding hydrogens is 121 g/mol. The maximum absolute atomic E-state index is 3.19. The van der Waals surface area contributed by atoms with E-state index in [1.807, 2.05) is 6.20 Å². The van der Waals surface area contributed by atoms with Crippen molar-refractivity contribution < 1.29 is 0 Å². The minimum absolute atomic E-state index is 1.25. The van der Waals surface area contributed by atoms with Crippen LogP contribution in [0.5, 0.6) is 0 Å². The second-order valence-electron chi connectivity index (χ2n) is 2.52. The van der Waals surface area contributed by atoms with E-state index in [1.54, 1.807) is 0 Å². The maximum atomic E-state index is 3.19. The molecular formula is C8H8BN. The molecule has 0 amide bonds. The van der Waals surface area contributed by atoms with E-state index in [1.165, 1.54) is 16.4 Å². The molecule has 2 heteroatoms. The van der Waals surface area contributed by atoms with E-state index in [2.05, 4.69) is 37.1 Å².